The summed E-state index contributed by atoms with van der Waals surface area (Å²) in [5.74, 6) is 0.510. The summed E-state index contributed by atoms with van der Waals surface area (Å²) in [5.41, 5.74) is 1.04. The fourth-order valence-corrected chi connectivity index (χ4v) is 3.84. The molecule has 1 aliphatic heterocycles. The number of alkyl carbamates (subject to hydrolysis) is 1. The molecule has 4 heteroatoms. The molecule has 1 aliphatic carbocycles. The highest BCUT2D eigenvalue weighted by Gasteiger charge is 2.50. The highest BCUT2D eigenvalue weighted by atomic mass is 16.6. The molecule has 3 atom stereocenters. The zero-order valence-electron chi connectivity index (χ0n) is 13.7. The number of benzene rings is 1. The van der Waals surface area contributed by atoms with Gasteiger partial charge in [-0.2, -0.15) is 0 Å². The van der Waals surface area contributed by atoms with Gasteiger partial charge >= 0.3 is 6.09 Å². The maximum Gasteiger partial charge on any atom is 0.407 e. The number of carbonyl (C=O) groups excluding carboxylic acids is 1. The van der Waals surface area contributed by atoms with Crippen LogP contribution >= 0.6 is 0 Å². The number of fused-ring (bicyclic) bond motifs is 2. The van der Waals surface area contributed by atoms with E-state index < -0.39 is 5.60 Å². The number of ether oxygens (including phenoxy) is 1. The van der Waals surface area contributed by atoms with Crippen molar-refractivity contribution in [3.8, 4) is 0 Å². The number of rotatable bonds is 3. The Bertz CT molecular complexity index is 538. The van der Waals surface area contributed by atoms with Crippen LogP contribution < -0.4 is 10.6 Å². The molecule has 0 aromatic heterocycles. The highest BCUT2D eigenvalue weighted by Crippen LogP contribution is 2.42. The van der Waals surface area contributed by atoms with Gasteiger partial charge in [-0.1, -0.05) is 30.3 Å². The minimum absolute atomic E-state index is 0.131. The van der Waals surface area contributed by atoms with E-state index in [4.69, 9.17) is 4.74 Å². The standard InChI is InChI=1S/C18H26N2O2/c1-17(2,3)22-16(21)20-15-11-18(10-14(15)12-19-18)9-13-7-5-4-6-8-13/h4-8,14-15,19H,9-12H2,1-3H3,(H,20,21)/t14-,15-,18+/m1/s1. The molecule has 1 saturated heterocycles. The second-order valence-corrected chi connectivity index (χ2v) is 7.74. The molecule has 1 amide bonds. The van der Waals surface area contributed by atoms with Gasteiger partial charge in [0.05, 0.1) is 0 Å². The minimum Gasteiger partial charge on any atom is -0.444 e. The summed E-state index contributed by atoms with van der Waals surface area (Å²) >= 11 is 0. The molecule has 0 radical (unpaired) electrons. The van der Waals surface area contributed by atoms with Crippen LogP contribution in [-0.2, 0) is 11.2 Å². The molecule has 0 unspecified atom stereocenters. The molecule has 4 nitrogen and oxygen atoms in total. The number of nitrogens with one attached hydrogen (secondary N) is 2. The van der Waals surface area contributed by atoms with Crippen LogP contribution in [0.2, 0.25) is 0 Å². The Balaban J connectivity index is 1.61. The molecule has 1 heterocycles. The van der Waals surface area contributed by atoms with E-state index in [9.17, 15) is 4.79 Å². The van der Waals surface area contributed by atoms with Crippen molar-refractivity contribution in [2.24, 2.45) is 5.92 Å². The van der Waals surface area contributed by atoms with Crippen LogP contribution in [0.25, 0.3) is 0 Å². The monoisotopic (exact) mass is 302 g/mol. The van der Waals surface area contributed by atoms with Gasteiger partial charge in [-0.3, -0.25) is 0 Å². The van der Waals surface area contributed by atoms with Crippen molar-refractivity contribution in [3.63, 3.8) is 0 Å². The van der Waals surface area contributed by atoms with Crippen molar-refractivity contribution in [3.05, 3.63) is 35.9 Å². The SMILES string of the molecule is CC(C)(C)OC(=O)N[C@@H]1C[C@]2(Cc3ccccc3)C[C@@H]1CN2. The van der Waals surface area contributed by atoms with Crippen LogP contribution in [0.1, 0.15) is 39.2 Å². The second kappa shape index (κ2) is 5.58. The topological polar surface area (TPSA) is 50.4 Å². The first-order valence-electron chi connectivity index (χ1n) is 8.14. The normalized spacial score (nSPS) is 30.3. The smallest absolute Gasteiger partial charge is 0.407 e. The first-order valence-corrected chi connectivity index (χ1v) is 8.14. The molecule has 120 valence electrons. The summed E-state index contributed by atoms with van der Waals surface area (Å²) < 4.78 is 5.39. The van der Waals surface area contributed by atoms with Gasteiger partial charge < -0.3 is 15.4 Å². The van der Waals surface area contributed by atoms with Crippen molar-refractivity contribution < 1.29 is 9.53 Å². The quantitative estimate of drug-likeness (QED) is 0.902. The van der Waals surface area contributed by atoms with Crippen LogP contribution in [0.3, 0.4) is 0 Å². The molecular weight excluding hydrogens is 276 g/mol. The lowest BCUT2D eigenvalue weighted by atomic mass is 9.89. The van der Waals surface area contributed by atoms with E-state index in [2.05, 4.69) is 34.9 Å². The fraction of sp³-hybridized carbons (Fsp3) is 0.611. The summed E-state index contributed by atoms with van der Waals surface area (Å²) in [4.78, 5) is 12.0. The zero-order valence-corrected chi connectivity index (χ0v) is 13.7. The maximum atomic E-state index is 12.0. The highest BCUT2D eigenvalue weighted by molar-refractivity contribution is 5.68. The molecule has 2 bridgehead atoms. The van der Waals surface area contributed by atoms with E-state index in [1.165, 1.54) is 5.56 Å². The van der Waals surface area contributed by atoms with Gasteiger partial charge in [0.2, 0.25) is 0 Å². The third-order valence-corrected chi connectivity index (χ3v) is 4.66. The molecule has 2 N–H and O–H groups in total. The van der Waals surface area contributed by atoms with Gasteiger partial charge in [-0.05, 0) is 51.5 Å². The van der Waals surface area contributed by atoms with Gasteiger partial charge in [0.1, 0.15) is 5.60 Å². The van der Waals surface area contributed by atoms with Crippen molar-refractivity contribution in [2.45, 2.75) is 57.2 Å². The van der Waals surface area contributed by atoms with E-state index >= 15 is 0 Å². The third kappa shape index (κ3) is 3.43. The lowest BCUT2D eigenvalue weighted by Crippen LogP contribution is -2.51. The van der Waals surface area contributed by atoms with Gasteiger partial charge in [0, 0.05) is 18.1 Å². The van der Waals surface area contributed by atoms with Gasteiger partial charge in [-0.25, -0.2) is 4.79 Å². The molecule has 1 saturated carbocycles. The van der Waals surface area contributed by atoms with Crippen LogP contribution in [0.15, 0.2) is 30.3 Å². The number of hydrogen-bond acceptors (Lipinski definition) is 3. The molecule has 3 rings (SSSR count). The molecule has 2 aliphatic rings. The molecular formula is C18H26N2O2. The summed E-state index contributed by atoms with van der Waals surface area (Å²) in [6, 6.07) is 10.8. The Labute approximate surface area is 132 Å². The van der Waals surface area contributed by atoms with Crippen molar-refractivity contribution >= 4 is 6.09 Å². The average molecular weight is 302 g/mol. The van der Waals surface area contributed by atoms with Gasteiger partial charge in [0.15, 0.2) is 0 Å². The van der Waals surface area contributed by atoms with E-state index in [0.29, 0.717) is 5.92 Å². The van der Waals surface area contributed by atoms with Crippen LogP contribution in [-0.4, -0.2) is 29.8 Å². The summed E-state index contributed by atoms with van der Waals surface area (Å²) in [6.45, 7) is 6.66. The van der Waals surface area contributed by atoms with Crippen LogP contribution in [0, 0.1) is 5.92 Å². The first-order chi connectivity index (χ1) is 10.4. The van der Waals surface area contributed by atoms with Crippen molar-refractivity contribution in [1.82, 2.24) is 10.6 Å². The van der Waals surface area contributed by atoms with E-state index in [0.717, 1.165) is 25.8 Å². The van der Waals surface area contributed by atoms with Gasteiger partial charge in [-0.15, -0.1) is 0 Å². The van der Waals surface area contributed by atoms with Crippen LogP contribution in [0.4, 0.5) is 4.79 Å². The predicted octanol–water partition coefficient (Wildman–Crippen LogP) is 2.87. The average Bonchev–Trinajstić information content (AvgIpc) is 2.94. The van der Waals surface area contributed by atoms with E-state index in [1.807, 2.05) is 26.8 Å². The van der Waals surface area contributed by atoms with E-state index in [-0.39, 0.29) is 17.7 Å². The van der Waals surface area contributed by atoms with Crippen LogP contribution in [0.5, 0.6) is 0 Å². The Morgan fingerprint density at radius 1 is 1.32 bits per heavy atom. The fourth-order valence-electron chi connectivity index (χ4n) is 3.84. The summed E-state index contributed by atoms with van der Waals surface area (Å²) in [5, 5.41) is 6.75. The van der Waals surface area contributed by atoms with Crippen molar-refractivity contribution in [1.29, 1.82) is 0 Å². The molecule has 1 aromatic rings. The number of piperidine rings is 1. The summed E-state index contributed by atoms with van der Waals surface area (Å²) in [6.07, 6.45) is 2.84. The molecule has 22 heavy (non-hydrogen) atoms. The number of amides is 1. The second-order valence-electron chi connectivity index (χ2n) is 7.74. The Morgan fingerprint density at radius 3 is 2.73 bits per heavy atom. The zero-order chi connectivity index (χ0) is 15.8. The lowest BCUT2D eigenvalue weighted by molar-refractivity contribution is 0.0486. The Hall–Kier alpha value is -1.55. The Kier molecular flexibility index (Phi) is 3.89. The molecule has 0 spiro atoms. The molecule has 1 aromatic carbocycles. The van der Waals surface area contributed by atoms with Gasteiger partial charge in [0.25, 0.3) is 0 Å². The Morgan fingerprint density at radius 2 is 2.05 bits per heavy atom. The molecule has 2 fully saturated rings. The lowest BCUT2D eigenvalue weighted by Gasteiger charge is -2.32. The van der Waals surface area contributed by atoms with Crippen molar-refractivity contribution in [2.75, 3.05) is 6.54 Å². The minimum atomic E-state index is -0.443. The third-order valence-electron chi connectivity index (χ3n) is 4.66. The number of hydrogen-bond donors (Lipinski definition) is 2. The largest absolute Gasteiger partial charge is 0.444 e. The number of carbonyl (C=O) groups is 1. The predicted molar refractivity (Wildman–Crippen MR) is 86.8 cm³/mol. The maximum absolute atomic E-state index is 12.0. The first kappa shape index (κ1) is 15.3. The summed E-state index contributed by atoms with van der Waals surface area (Å²) in [7, 11) is 0. The van der Waals surface area contributed by atoms with E-state index in [1.54, 1.807) is 0 Å².